The maximum absolute atomic E-state index is 14.4. The van der Waals surface area contributed by atoms with Crippen LogP contribution < -0.4 is 4.74 Å². The molecule has 170 valence electrons. The van der Waals surface area contributed by atoms with Crippen LogP contribution in [0.2, 0.25) is 0 Å². The molecule has 0 N–H and O–H groups in total. The normalized spacial score (nSPS) is 19.5. The molecule has 2 aromatic carbocycles. The summed E-state index contributed by atoms with van der Waals surface area (Å²) in [5, 5.41) is 0. The third-order valence-corrected chi connectivity index (χ3v) is 6.05. The predicted octanol–water partition coefficient (Wildman–Crippen LogP) is 7.91. The summed E-state index contributed by atoms with van der Waals surface area (Å²) in [6.07, 6.45) is 4.42. The summed E-state index contributed by atoms with van der Waals surface area (Å²) in [4.78, 5) is 0. The number of hydrogen-bond acceptors (Lipinski definition) is 1. The molecule has 0 heterocycles. The maximum Gasteiger partial charge on any atom is 0.429 e. The Hall–Kier alpha value is -2.18. The van der Waals surface area contributed by atoms with Crippen LogP contribution in [0.5, 0.6) is 5.75 Å². The Kier molecular flexibility index (Phi) is 7.55. The molecule has 0 saturated heterocycles. The van der Waals surface area contributed by atoms with Gasteiger partial charge in [-0.05, 0) is 42.4 Å². The Morgan fingerprint density at radius 2 is 1.42 bits per heavy atom. The second-order valence-corrected chi connectivity index (χ2v) is 8.35. The largest absolute Gasteiger partial charge is 0.429 e. The van der Waals surface area contributed by atoms with Gasteiger partial charge >= 0.3 is 6.11 Å². The van der Waals surface area contributed by atoms with Gasteiger partial charge in [0.05, 0.1) is 5.56 Å². The first kappa shape index (κ1) is 23.5. The molecular weight excluding hydrogens is 418 g/mol. The average Bonchev–Trinajstić information content (AvgIpc) is 2.71. The first-order valence-corrected chi connectivity index (χ1v) is 10.7. The highest BCUT2D eigenvalue weighted by molar-refractivity contribution is 5.30. The molecule has 1 fully saturated rings. The highest BCUT2D eigenvalue weighted by atomic mass is 19.3. The third-order valence-electron chi connectivity index (χ3n) is 6.05. The highest BCUT2D eigenvalue weighted by Gasteiger charge is 2.38. The van der Waals surface area contributed by atoms with Crippen molar-refractivity contribution in [2.24, 2.45) is 11.8 Å². The molecular formula is C24H26F6O. The molecule has 0 unspecified atom stereocenters. The standard InChI is InChI=1S/C24H26F6O/c1-2-3-15-4-6-16(7-5-15)8-9-17-10-11-19(20(25)12-17)24(29,30)31-18-13-21(26)23(28)22(27)14-18/h10-16H,2-9H2,1H3. The smallest absolute Gasteiger partial charge is 0.429 e. The molecule has 0 aromatic heterocycles. The van der Waals surface area contributed by atoms with Crippen LogP contribution >= 0.6 is 0 Å². The van der Waals surface area contributed by atoms with E-state index in [0.717, 1.165) is 37.3 Å². The van der Waals surface area contributed by atoms with Gasteiger partial charge in [-0.3, -0.25) is 0 Å². The quantitative estimate of drug-likeness (QED) is 0.297. The third kappa shape index (κ3) is 5.95. The minimum absolute atomic E-state index is 0.286. The zero-order valence-corrected chi connectivity index (χ0v) is 17.4. The molecule has 1 saturated carbocycles. The van der Waals surface area contributed by atoms with E-state index in [4.69, 9.17) is 0 Å². The van der Waals surface area contributed by atoms with Gasteiger partial charge < -0.3 is 4.74 Å². The van der Waals surface area contributed by atoms with Crippen molar-refractivity contribution in [3.05, 3.63) is 64.7 Å². The first-order valence-electron chi connectivity index (χ1n) is 10.7. The lowest BCUT2D eigenvalue weighted by atomic mass is 9.78. The average molecular weight is 444 g/mol. The molecule has 1 aliphatic carbocycles. The number of aryl methyl sites for hydroxylation is 1. The monoisotopic (exact) mass is 444 g/mol. The molecule has 2 aromatic rings. The van der Waals surface area contributed by atoms with Crippen LogP contribution in [0, 0.1) is 35.1 Å². The van der Waals surface area contributed by atoms with Crippen LogP contribution in [0.15, 0.2) is 30.3 Å². The molecule has 0 amide bonds. The molecule has 0 aliphatic heterocycles. The number of alkyl halides is 2. The Morgan fingerprint density at radius 1 is 0.839 bits per heavy atom. The molecule has 3 rings (SSSR count). The highest BCUT2D eigenvalue weighted by Crippen LogP contribution is 2.36. The molecule has 0 atom stereocenters. The van der Waals surface area contributed by atoms with Crippen molar-refractivity contribution in [2.75, 3.05) is 0 Å². The van der Waals surface area contributed by atoms with Crippen LogP contribution in [0.1, 0.15) is 63.0 Å². The van der Waals surface area contributed by atoms with Crippen molar-refractivity contribution in [3.8, 4) is 5.75 Å². The minimum Gasteiger partial charge on any atom is -0.429 e. The van der Waals surface area contributed by atoms with E-state index >= 15 is 0 Å². The fourth-order valence-corrected chi connectivity index (χ4v) is 4.33. The number of ether oxygens (including phenoxy) is 1. The fraction of sp³-hybridized carbons (Fsp3) is 0.500. The van der Waals surface area contributed by atoms with Gasteiger partial charge in [0.2, 0.25) is 0 Å². The summed E-state index contributed by atoms with van der Waals surface area (Å²) in [6, 6.07) is 3.94. The summed E-state index contributed by atoms with van der Waals surface area (Å²) >= 11 is 0. The molecule has 1 aliphatic rings. The summed E-state index contributed by atoms with van der Waals surface area (Å²) < 4.78 is 86.9. The zero-order chi connectivity index (χ0) is 22.6. The van der Waals surface area contributed by atoms with E-state index in [0.29, 0.717) is 17.9 Å². The summed E-state index contributed by atoms with van der Waals surface area (Å²) in [5.41, 5.74) is -0.451. The van der Waals surface area contributed by atoms with Crippen molar-refractivity contribution in [1.29, 1.82) is 0 Å². The Balaban J connectivity index is 1.62. The Morgan fingerprint density at radius 3 is 1.97 bits per heavy atom. The van der Waals surface area contributed by atoms with Crippen LogP contribution in [0.4, 0.5) is 26.3 Å². The van der Waals surface area contributed by atoms with Gasteiger partial charge in [0.1, 0.15) is 11.6 Å². The van der Waals surface area contributed by atoms with E-state index in [9.17, 15) is 26.3 Å². The van der Waals surface area contributed by atoms with Gasteiger partial charge in [-0.2, -0.15) is 8.78 Å². The summed E-state index contributed by atoms with van der Waals surface area (Å²) in [6.45, 7) is 2.19. The summed E-state index contributed by atoms with van der Waals surface area (Å²) in [5.74, 6) is -5.91. The predicted molar refractivity (Wildman–Crippen MR) is 106 cm³/mol. The van der Waals surface area contributed by atoms with Gasteiger partial charge in [0.25, 0.3) is 0 Å². The first-order chi connectivity index (χ1) is 14.7. The number of rotatable bonds is 8. The van der Waals surface area contributed by atoms with E-state index in [-0.39, 0.29) is 12.1 Å². The lowest BCUT2D eigenvalue weighted by Gasteiger charge is -2.28. The van der Waals surface area contributed by atoms with Crippen LogP contribution in [0.3, 0.4) is 0 Å². The van der Waals surface area contributed by atoms with Gasteiger partial charge in [-0.1, -0.05) is 51.5 Å². The topological polar surface area (TPSA) is 9.23 Å². The SMILES string of the molecule is CCCC1CCC(CCc2ccc(C(F)(F)Oc3cc(F)c(F)c(F)c3)c(F)c2)CC1. The van der Waals surface area contributed by atoms with Crippen molar-refractivity contribution in [2.45, 2.75) is 64.4 Å². The molecule has 31 heavy (non-hydrogen) atoms. The number of hydrogen-bond donors (Lipinski definition) is 0. The van der Waals surface area contributed by atoms with Crippen LogP contribution in [-0.4, -0.2) is 0 Å². The van der Waals surface area contributed by atoms with Gasteiger partial charge in [-0.25, -0.2) is 17.6 Å². The van der Waals surface area contributed by atoms with Crippen LogP contribution in [0.25, 0.3) is 0 Å². The zero-order valence-electron chi connectivity index (χ0n) is 17.4. The molecule has 1 nitrogen and oxygen atoms in total. The fourth-order valence-electron chi connectivity index (χ4n) is 4.33. The van der Waals surface area contributed by atoms with Crippen molar-refractivity contribution in [3.63, 3.8) is 0 Å². The maximum atomic E-state index is 14.4. The second kappa shape index (κ2) is 9.96. The van der Waals surface area contributed by atoms with E-state index in [1.54, 1.807) is 0 Å². The van der Waals surface area contributed by atoms with E-state index < -0.39 is 40.7 Å². The van der Waals surface area contributed by atoms with Crippen molar-refractivity contribution < 1.29 is 31.1 Å². The van der Waals surface area contributed by atoms with Gasteiger partial charge in [0, 0.05) is 12.1 Å². The van der Waals surface area contributed by atoms with Crippen LogP contribution in [-0.2, 0) is 12.5 Å². The van der Waals surface area contributed by atoms with Gasteiger partial charge in [0.15, 0.2) is 17.5 Å². The minimum atomic E-state index is -4.18. The number of benzene rings is 2. The Labute approximate surface area is 178 Å². The van der Waals surface area contributed by atoms with Gasteiger partial charge in [-0.15, -0.1) is 0 Å². The summed E-state index contributed by atoms with van der Waals surface area (Å²) in [7, 11) is 0. The molecule has 0 spiro atoms. The van der Waals surface area contributed by atoms with E-state index in [1.807, 2.05) is 0 Å². The Bertz CT molecular complexity index is 867. The number of halogens is 6. The van der Waals surface area contributed by atoms with Crippen molar-refractivity contribution in [1.82, 2.24) is 0 Å². The lowest BCUT2D eigenvalue weighted by molar-refractivity contribution is -0.187. The molecule has 0 radical (unpaired) electrons. The second-order valence-electron chi connectivity index (χ2n) is 8.35. The lowest BCUT2D eigenvalue weighted by Crippen LogP contribution is -2.24. The van der Waals surface area contributed by atoms with E-state index in [2.05, 4.69) is 11.7 Å². The van der Waals surface area contributed by atoms with E-state index in [1.165, 1.54) is 31.7 Å². The van der Waals surface area contributed by atoms with Crippen molar-refractivity contribution >= 4 is 0 Å². The molecule has 0 bridgehead atoms. The molecule has 7 heteroatoms.